The van der Waals surface area contributed by atoms with Gasteiger partial charge in [-0.15, -0.1) is 0 Å². The molecule has 1 aromatic heterocycles. The van der Waals surface area contributed by atoms with Crippen molar-refractivity contribution in [2.24, 2.45) is 0 Å². The first-order valence-corrected chi connectivity index (χ1v) is 6.47. The minimum atomic E-state index is 0.288. The number of aromatic nitrogens is 1. The van der Waals surface area contributed by atoms with Crippen LogP contribution in [0.15, 0.2) is 42.7 Å². The van der Waals surface area contributed by atoms with E-state index in [0.29, 0.717) is 0 Å². The van der Waals surface area contributed by atoms with E-state index in [0.717, 1.165) is 17.9 Å². The van der Waals surface area contributed by atoms with Crippen LogP contribution in [0.5, 0.6) is 5.75 Å². The summed E-state index contributed by atoms with van der Waals surface area (Å²) in [5, 5.41) is 3.50. The molecule has 0 aliphatic rings. The highest BCUT2D eigenvalue weighted by atomic mass is 16.5. The third kappa shape index (κ3) is 3.55. The van der Waals surface area contributed by atoms with Gasteiger partial charge in [-0.1, -0.05) is 18.2 Å². The average molecular weight is 256 g/mol. The number of methoxy groups -OCH3 is 1. The number of hydrogen-bond acceptors (Lipinski definition) is 3. The number of benzene rings is 1. The van der Waals surface area contributed by atoms with Crippen LogP contribution in [0.1, 0.15) is 29.7 Å². The molecule has 0 unspecified atom stereocenters. The maximum Gasteiger partial charge on any atom is 0.121 e. The van der Waals surface area contributed by atoms with Crippen LogP contribution in [0.2, 0.25) is 0 Å². The topological polar surface area (TPSA) is 34.1 Å². The highest BCUT2D eigenvalue weighted by Crippen LogP contribution is 2.19. The zero-order chi connectivity index (χ0) is 13.7. The lowest BCUT2D eigenvalue weighted by Gasteiger charge is -2.14. The van der Waals surface area contributed by atoms with Crippen LogP contribution in [-0.2, 0) is 6.54 Å². The Morgan fingerprint density at radius 1 is 1.32 bits per heavy atom. The number of nitrogens with zero attached hydrogens (tertiary/aromatic N) is 1. The molecular formula is C16H20N2O. The molecule has 1 N–H and O–H groups in total. The number of ether oxygens (including phenoxy) is 1. The second kappa shape index (κ2) is 6.34. The highest BCUT2D eigenvalue weighted by molar-refractivity contribution is 5.36. The number of rotatable bonds is 5. The molecule has 100 valence electrons. The van der Waals surface area contributed by atoms with E-state index in [2.05, 4.69) is 42.3 Å². The number of pyridine rings is 1. The van der Waals surface area contributed by atoms with Crippen molar-refractivity contribution in [3.8, 4) is 5.75 Å². The molecule has 0 aliphatic carbocycles. The van der Waals surface area contributed by atoms with Crippen molar-refractivity contribution in [3.63, 3.8) is 0 Å². The Morgan fingerprint density at radius 3 is 2.79 bits per heavy atom. The number of nitrogens with one attached hydrogen (secondary N) is 1. The second-order valence-electron chi connectivity index (χ2n) is 4.69. The Balaban J connectivity index is 1.97. The van der Waals surface area contributed by atoms with Gasteiger partial charge in [-0.25, -0.2) is 0 Å². The summed E-state index contributed by atoms with van der Waals surface area (Å²) >= 11 is 0. The van der Waals surface area contributed by atoms with Crippen LogP contribution in [0.25, 0.3) is 0 Å². The predicted molar refractivity (Wildman–Crippen MR) is 77.2 cm³/mol. The molecule has 0 spiro atoms. The summed E-state index contributed by atoms with van der Waals surface area (Å²) in [7, 11) is 1.70. The van der Waals surface area contributed by atoms with Gasteiger partial charge in [0.1, 0.15) is 5.75 Å². The summed E-state index contributed by atoms with van der Waals surface area (Å²) in [6.45, 7) is 5.04. The molecule has 3 heteroatoms. The standard InChI is InChI=1S/C16H20N2O/c1-12-9-14(6-7-16(12)19-3)10-18-13(2)15-5-4-8-17-11-15/h4-9,11,13,18H,10H2,1-3H3/t13-/m1/s1. The van der Waals surface area contributed by atoms with Gasteiger partial charge in [0, 0.05) is 25.0 Å². The molecule has 2 aromatic rings. The van der Waals surface area contributed by atoms with Crippen molar-refractivity contribution in [1.29, 1.82) is 0 Å². The maximum atomic E-state index is 5.27. The lowest BCUT2D eigenvalue weighted by atomic mass is 10.1. The average Bonchev–Trinajstić information content (AvgIpc) is 2.46. The van der Waals surface area contributed by atoms with Crippen LogP contribution in [0.3, 0.4) is 0 Å². The monoisotopic (exact) mass is 256 g/mol. The number of hydrogen-bond donors (Lipinski definition) is 1. The van der Waals surface area contributed by atoms with E-state index in [1.165, 1.54) is 11.1 Å². The Bertz CT molecular complexity index is 526. The SMILES string of the molecule is COc1ccc(CN[C@H](C)c2cccnc2)cc1C. The van der Waals surface area contributed by atoms with Crippen molar-refractivity contribution in [3.05, 3.63) is 59.4 Å². The smallest absolute Gasteiger partial charge is 0.121 e. The summed E-state index contributed by atoms with van der Waals surface area (Å²) in [4.78, 5) is 4.14. The van der Waals surface area contributed by atoms with Crippen LogP contribution in [-0.4, -0.2) is 12.1 Å². The van der Waals surface area contributed by atoms with Crippen molar-refractivity contribution < 1.29 is 4.74 Å². The molecule has 3 nitrogen and oxygen atoms in total. The summed E-state index contributed by atoms with van der Waals surface area (Å²) in [6, 6.07) is 10.6. The Kier molecular flexibility index (Phi) is 4.53. The predicted octanol–water partition coefficient (Wildman–Crippen LogP) is 3.25. The quantitative estimate of drug-likeness (QED) is 0.891. The van der Waals surface area contributed by atoms with E-state index in [9.17, 15) is 0 Å². The van der Waals surface area contributed by atoms with Crippen LogP contribution in [0.4, 0.5) is 0 Å². The largest absolute Gasteiger partial charge is 0.496 e. The van der Waals surface area contributed by atoms with Crippen molar-refractivity contribution in [2.45, 2.75) is 26.4 Å². The minimum absolute atomic E-state index is 0.288. The molecule has 1 atom stereocenters. The zero-order valence-corrected chi connectivity index (χ0v) is 11.7. The van der Waals surface area contributed by atoms with Gasteiger partial charge >= 0.3 is 0 Å². The van der Waals surface area contributed by atoms with Gasteiger partial charge in [0.05, 0.1) is 7.11 Å². The molecule has 0 saturated carbocycles. The maximum absolute atomic E-state index is 5.27. The van der Waals surface area contributed by atoms with E-state index < -0.39 is 0 Å². The molecular weight excluding hydrogens is 236 g/mol. The van der Waals surface area contributed by atoms with Crippen molar-refractivity contribution in [2.75, 3.05) is 7.11 Å². The van der Waals surface area contributed by atoms with Gasteiger partial charge in [0.2, 0.25) is 0 Å². The molecule has 0 radical (unpaired) electrons. The third-order valence-corrected chi connectivity index (χ3v) is 3.26. The van der Waals surface area contributed by atoms with Gasteiger partial charge in [-0.3, -0.25) is 4.98 Å². The fourth-order valence-corrected chi connectivity index (χ4v) is 2.07. The van der Waals surface area contributed by atoms with Crippen LogP contribution >= 0.6 is 0 Å². The van der Waals surface area contributed by atoms with Gasteiger partial charge < -0.3 is 10.1 Å². The van der Waals surface area contributed by atoms with E-state index in [1.54, 1.807) is 13.3 Å². The summed E-state index contributed by atoms with van der Waals surface area (Å²) < 4.78 is 5.27. The molecule has 2 rings (SSSR count). The minimum Gasteiger partial charge on any atom is -0.496 e. The lowest BCUT2D eigenvalue weighted by Crippen LogP contribution is -2.18. The second-order valence-corrected chi connectivity index (χ2v) is 4.69. The van der Waals surface area contributed by atoms with Gasteiger partial charge in [-0.05, 0) is 42.7 Å². The summed E-state index contributed by atoms with van der Waals surface area (Å²) in [5.41, 5.74) is 3.62. The van der Waals surface area contributed by atoms with E-state index in [1.807, 2.05) is 18.3 Å². The van der Waals surface area contributed by atoms with E-state index >= 15 is 0 Å². The zero-order valence-electron chi connectivity index (χ0n) is 11.7. The Labute approximate surface area is 114 Å². The van der Waals surface area contributed by atoms with E-state index in [-0.39, 0.29) is 6.04 Å². The molecule has 19 heavy (non-hydrogen) atoms. The molecule has 0 aliphatic heterocycles. The van der Waals surface area contributed by atoms with Crippen LogP contribution < -0.4 is 10.1 Å². The summed E-state index contributed by atoms with van der Waals surface area (Å²) in [5.74, 6) is 0.934. The summed E-state index contributed by atoms with van der Waals surface area (Å²) in [6.07, 6.45) is 3.69. The molecule has 0 amide bonds. The van der Waals surface area contributed by atoms with Crippen LogP contribution in [0, 0.1) is 6.92 Å². The molecule has 1 heterocycles. The van der Waals surface area contributed by atoms with Gasteiger partial charge in [0.25, 0.3) is 0 Å². The molecule has 1 aromatic carbocycles. The Morgan fingerprint density at radius 2 is 2.16 bits per heavy atom. The van der Waals surface area contributed by atoms with Crippen molar-refractivity contribution >= 4 is 0 Å². The van der Waals surface area contributed by atoms with Gasteiger partial charge in [-0.2, -0.15) is 0 Å². The van der Waals surface area contributed by atoms with Gasteiger partial charge in [0.15, 0.2) is 0 Å². The Hall–Kier alpha value is -1.87. The molecule has 0 fully saturated rings. The van der Waals surface area contributed by atoms with Crippen molar-refractivity contribution in [1.82, 2.24) is 10.3 Å². The van der Waals surface area contributed by atoms with E-state index in [4.69, 9.17) is 4.74 Å². The highest BCUT2D eigenvalue weighted by Gasteiger charge is 2.05. The first-order chi connectivity index (χ1) is 9.20. The lowest BCUT2D eigenvalue weighted by molar-refractivity contribution is 0.411. The first-order valence-electron chi connectivity index (χ1n) is 6.47. The fourth-order valence-electron chi connectivity index (χ4n) is 2.07. The fraction of sp³-hybridized carbons (Fsp3) is 0.312. The third-order valence-electron chi connectivity index (χ3n) is 3.26. The number of aryl methyl sites for hydroxylation is 1. The molecule has 0 saturated heterocycles. The molecule has 0 bridgehead atoms. The first kappa shape index (κ1) is 13.6. The normalized spacial score (nSPS) is 12.2.